The number of aromatic nitrogens is 2. The SMILES string of the molecule is CC(C)N(C)S(=O)(=O)c1ccc(CNc2ncnc3cc(Cl)ccc23)cc1. The Morgan fingerprint density at radius 3 is 2.48 bits per heavy atom. The fourth-order valence-electron chi connectivity index (χ4n) is 2.58. The molecule has 2 aromatic carbocycles. The third-order valence-corrected chi connectivity index (χ3v) is 6.67. The van der Waals surface area contributed by atoms with Crippen molar-refractivity contribution in [2.45, 2.75) is 31.3 Å². The molecule has 1 aromatic heterocycles. The predicted octanol–water partition coefficient (Wildman–Crippen LogP) is 3.92. The number of halogens is 1. The average Bonchev–Trinajstić information content (AvgIpc) is 2.65. The van der Waals surface area contributed by atoms with Gasteiger partial charge in [-0.1, -0.05) is 23.7 Å². The molecule has 0 atom stereocenters. The summed E-state index contributed by atoms with van der Waals surface area (Å²) in [7, 11) is -1.89. The molecule has 0 fully saturated rings. The van der Waals surface area contributed by atoms with E-state index in [1.165, 1.54) is 10.6 Å². The monoisotopic (exact) mass is 404 g/mol. The first-order valence-electron chi connectivity index (χ1n) is 8.50. The summed E-state index contributed by atoms with van der Waals surface area (Å²) in [6.07, 6.45) is 1.48. The number of hydrogen-bond acceptors (Lipinski definition) is 5. The first-order valence-corrected chi connectivity index (χ1v) is 10.3. The minimum Gasteiger partial charge on any atom is -0.365 e. The van der Waals surface area contributed by atoms with E-state index in [0.29, 0.717) is 17.4 Å². The van der Waals surface area contributed by atoms with Crippen LogP contribution in [-0.4, -0.2) is 35.8 Å². The smallest absolute Gasteiger partial charge is 0.243 e. The molecular weight excluding hydrogens is 384 g/mol. The van der Waals surface area contributed by atoms with Gasteiger partial charge in [0.2, 0.25) is 10.0 Å². The molecule has 0 aliphatic heterocycles. The maximum atomic E-state index is 12.5. The predicted molar refractivity (Wildman–Crippen MR) is 108 cm³/mol. The van der Waals surface area contributed by atoms with Crippen LogP contribution < -0.4 is 5.32 Å². The van der Waals surface area contributed by atoms with E-state index in [0.717, 1.165) is 16.5 Å². The minimum atomic E-state index is -3.48. The highest BCUT2D eigenvalue weighted by Gasteiger charge is 2.22. The van der Waals surface area contributed by atoms with Crippen molar-refractivity contribution >= 4 is 38.3 Å². The van der Waals surface area contributed by atoms with Crippen LogP contribution in [0, 0.1) is 0 Å². The number of nitrogens with zero attached hydrogens (tertiary/aromatic N) is 3. The van der Waals surface area contributed by atoms with E-state index < -0.39 is 10.0 Å². The molecule has 0 aliphatic rings. The van der Waals surface area contributed by atoms with E-state index >= 15 is 0 Å². The zero-order valence-corrected chi connectivity index (χ0v) is 16.9. The lowest BCUT2D eigenvalue weighted by atomic mass is 10.2. The zero-order valence-electron chi connectivity index (χ0n) is 15.3. The van der Waals surface area contributed by atoms with Gasteiger partial charge < -0.3 is 5.32 Å². The number of rotatable bonds is 6. The van der Waals surface area contributed by atoms with Crippen molar-refractivity contribution in [3.05, 3.63) is 59.4 Å². The molecule has 1 heterocycles. The Bertz CT molecular complexity index is 1050. The van der Waals surface area contributed by atoms with Crippen LogP contribution in [0.25, 0.3) is 10.9 Å². The molecule has 3 rings (SSSR count). The zero-order chi connectivity index (χ0) is 19.6. The molecule has 1 N–H and O–H groups in total. The number of hydrogen-bond donors (Lipinski definition) is 1. The Morgan fingerprint density at radius 1 is 1.11 bits per heavy atom. The molecule has 27 heavy (non-hydrogen) atoms. The number of nitrogens with one attached hydrogen (secondary N) is 1. The van der Waals surface area contributed by atoms with Gasteiger partial charge in [-0.25, -0.2) is 18.4 Å². The summed E-state index contributed by atoms with van der Waals surface area (Å²) >= 11 is 6.00. The minimum absolute atomic E-state index is 0.101. The third-order valence-electron chi connectivity index (χ3n) is 4.39. The van der Waals surface area contributed by atoms with Gasteiger partial charge >= 0.3 is 0 Å². The van der Waals surface area contributed by atoms with Gasteiger partial charge in [0.15, 0.2) is 0 Å². The van der Waals surface area contributed by atoms with Crippen molar-refractivity contribution in [2.24, 2.45) is 0 Å². The fraction of sp³-hybridized carbons (Fsp3) is 0.263. The van der Waals surface area contributed by atoms with Crippen molar-refractivity contribution in [1.29, 1.82) is 0 Å². The molecule has 6 nitrogen and oxygen atoms in total. The van der Waals surface area contributed by atoms with Crippen molar-refractivity contribution < 1.29 is 8.42 Å². The van der Waals surface area contributed by atoms with Gasteiger partial charge in [-0.2, -0.15) is 4.31 Å². The van der Waals surface area contributed by atoms with Gasteiger partial charge in [-0.05, 0) is 49.7 Å². The molecule has 0 bridgehead atoms. The lowest BCUT2D eigenvalue weighted by Gasteiger charge is -2.21. The van der Waals surface area contributed by atoms with E-state index in [2.05, 4.69) is 15.3 Å². The molecule has 0 aliphatic carbocycles. The molecule has 0 radical (unpaired) electrons. The number of anilines is 1. The molecule has 142 valence electrons. The largest absolute Gasteiger partial charge is 0.365 e. The van der Waals surface area contributed by atoms with E-state index in [1.54, 1.807) is 43.4 Å². The number of benzene rings is 2. The lowest BCUT2D eigenvalue weighted by Crippen LogP contribution is -2.33. The van der Waals surface area contributed by atoms with Crippen molar-refractivity contribution in [3.63, 3.8) is 0 Å². The summed E-state index contributed by atoms with van der Waals surface area (Å²) in [5.74, 6) is 0.702. The highest BCUT2D eigenvalue weighted by molar-refractivity contribution is 7.89. The van der Waals surface area contributed by atoms with Crippen LogP contribution in [0.2, 0.25) is 5.02 Å². The van der Waals surface area contributed by atoms with E-state index in [1.807, 2.05) is 19.9 Å². The fourth-order valence-corrected chi connectivity index (χ4v) is 4.11. The lowest BCUT2D eigenvalue weighted by molar-refractivity contribution is 0.410. The maximum absolute atomic E-state index is 12.5. The number of sulfonamides is 1. The molecule has 0 saturated heterocycles. The van der Waals surface area contributed by atoms with E-state index in [-0.39, 0.29) is 10.9 Å². The molecule has 0 unspecified atom stereocenters. The van der Waals surface area contributed by atoms with Crippen molar-refractivity contribution in [3.8, 4) is 0 Å². The quantitative estimate of drug-likeness (QED) is 0.673. The van der Waals surface area contributed by atoms with Gasteiger partial charge in [-0.3, -0.25) is 0 Å². The van der Waals surface area contributed by atoms with Crippen LogP contribution in [-0.2, 0) is 16.6 Å². The van der Waals surface area contributed by atoms with Crippen LogP contribution >= 0.6 is 11.6 Å². The summed E-state index contributed by atoms with van der Waals surface area (Å²) < 4.78 is 26.4. The van der Waals surface area contributed by atoms with Gasteiger partial charge in [0.05, 0.1) is 10.4 Å². The average molecular weight is 405 g/mol. The second-order valence-electron chi connectivity index (χ2n) is 6.50. The first kappa shape index (κ1) is 19.5. The van der Waals surface area contributed by atoms with E-state index in [4.69, 9.17) is 11.6 Å². The van der Waals surface area contributed by atoms with Crippen LogP contribution in [0.5, 0.6) is 0 Å². The highest BCUT2D eigenvalue weighted by atomic mass is 35.5. The summed E-state index contributed by atoms with van der Waals surface area (Å²) in [6, 6.07) is 12.2. The Kier molecular flexibility index (Phi) is 5.64. The van der Waals surface area contributed by atoms with Crippen LogP contribution in [0.1, 0.15) is 19.4 Å². The van der Waals surface area contributed by atoms with Gasteiger partial charge in [0.1, 0.15) is 12.1 Å². The Balaban J connectivity index is 1.77. The van der Waals surface area contributed by atoms with Crippen LogP contribution in [0.15, 0.2) is 53.7 Å². The maximum Gasteiger partial charge on any atom is 0.243 e. The second kappa shape index (κ2) is 7.80. The topological polar surface area (TPSA) is 75.2 Å². The normalized spacial score (nSPS) is 12.1. The summed E-state index contributed by atoms with van der Waals surface area (Å²) in [6.45, 7) is 4.19. The van der Waals surface area contributed by atoms with Gasteiger partial charge in [0, 0.05) is 30.0 Å². The Hall–Kier alpha value is -2.22. The Morgan fingerprint density at radius 2 is 1.81 bits per heavy atom. The first-order chi connectivity index (χ1) is 12.8. The molecule has 0 spiro atoms. The number of fused-ring (bicyclic) bond motifs is 1. The Labute approximate surface area is 164 Å². The standard InChI is InChI=1S/C19H21ClN4O2S/c1-13(2)24(3)27(25,26)16-7-4-14(5-8-16)11-21-19-17-9-6-15(20)10-18(17)22-12-23-19/h4-10,12-13H,11H2,1-3H3,(H,21,22,23). The van der Waals surface area contributed by atoms with Crippen LogP contribution in [0.3, 0.4) is 0 Å². The van der Waals surface area contributed by atoms with E-state index in [9.17, 15) is 8.42 Å². The molecule has 0 amide bonds. The summed E-state index contributed by atoms with van der Waals surface area (Å²) in [4.78, 5) is 8.79. The van der Waals surface area contributed by atoms with Gasteiger partial charge in [-0.15, -0.1) is 0 Å². The molecular formula is C19H21ClN4O2S. The highest BCUT2D eigenvalue weighted by Crippen LogP contribution is 2.23. The third kappa shape index (κ3) is 4.21. The second-order valence-corrected chi connectivity index (χ2v) is 8.93. The van der Waals surface area contributed by atoms with Gasteiger partial charge in [0.25, 0.3) is 0 Å². The molecule has 0 saturated carbocycles. The van der Waals surface area contributed by atoms with Crippen molar-refractivity contribution in [2.75, 3.05) is 12.4 Å². The molecule has 8 heteroatoms. The summed E-state index contributed by atoms with van der Waals surface area (Å²) in [5.41, 5.74) is 1.71. The van der Waals surface area contributed by atoms with Crippen LogP contribution in [0.4, 0.5) is 5.82 Å². The summed E-state index contributed by atoms with van der Waals surface area (Å²) in [5, 5.41) is 4.76. The molecule has 3 aromatic rings. The van der Waals surface area contributed by atoms with Crippen molar-refractivity contribution in [1.82, 2.24) is 14.3 Å².